The van der Waals surface area contributed by atoms with Gasteiger partial charge in [-0.15, -0.1) is 0 Å². The van der Waals surface area contributed by atoms with Crippen molar-refractivity contribution in [2.24, 2.45) is 5.14 Å². The van der Waals surface area contributed by atoms with Crippen molar-refractivity contribution in [3.05, 3.63) is 65.7 Å². The molecule has 0 aliphatic heterocycles. The third-order valence-corrected chi connectivity index (χ3v) is 5.33. The second-order valence-electron chi connectivity index (χ2n) is 8.33. The van der Waals surface area contributed by atoms with E-state index in [4.69, 9.17) is 9.88 Å². The van der Waals surface area contributed by atoms with Gasteiger partial charge in [0.2, 0.25) is 10.0 Å². The number of sulfonamides is 1. The molecule has 2 aromatic rings. The summed E-state index contributed by atoms with van der Waals surface area (Å²) in [5.41, 5.74) is 1.16. The Morgan fingerprint density at radius 3 is 2.23 bits per heavy atom. The molecule has 0 bridgehead atoms. The summed E-state index contributed by atoms with van der Waals surface area (Å²) in [7, 11) is -3.73. The highest BCUT2D eigenvalue weighted by Gasteiger charge is 2.24. The highest BCUT2D eigenvalue weighted by Crippen LogP contribution is 2.11. The quantitative estimate of drug-likeness (QED) is 0.463. The van der Waals surface area contributed by atoms with Gasteiger partial charge >= 0.3 is 6.09 Å². The van der Waals surface area contributed by atoms with Crippen LogP contribution in [0.25, 0.3) is 0 Å². The van der Waals surface area contributed by atoms with Gasteiger partial charge < -0.3 is 20.5 Å². The van der Waals surface area contributed by atoms with Crippen LogP contribution < -0.4 is 15.8 Å². The monoisotopic (exact) mass is 449 g/mol. The average molecular weight is 450 g/mol. The number of alkyl carbamates (subject to hydrolysis) is 1. The van der Waals surface area contributed by atoms with E-state index in [1.807, 2.05) is 30.3 Å². The smallest absolute Gasteiger partial charge is 0.407 e. The Morgan fingerprint density at radius 1 is 1.06 bits per heavy atom. The van der Waals surface area contributed by atoms with Crippen LogP contribution in [0.15, 0.2) is 59.5 Å². The number of aliphatic hydroxyl groups is 1. The van der Waals surface area contributed by atoms with Crippen LogP contribution in [0.4, 0.5) is 4.79 Å². The molecule has 9 heteroatoms. The predicted octanol–water partition coefficient (Wildman–Crippen LogP) is 1.92. The van der Waals surface area contributed by atoms with Gasteiger partial charge in [-0.2, -0.15) is 0 Å². The van der Waals surface area contributed by atoms with E-state index in [1.54, 1.807) is 32.9 Å². The third-order valence-electron chi connectivity index (χ3n) is 4.40. The largest absolute Gasteiger partial charge is 0.444 e. The number of carbonyl (C=O) groups is 1. The molecule has 8 nitrogen and oxygen atoms in total. The second kappa shape index (κ2) is 10.7. The van der Waals surface area contributed by atoms with Gasteiger partial charge in [-0.3, -0.25) is 0 Å². The Morgan fingerprint density at radius 2 is 1.68 bits per heavy atom. The van der Waals surface area contributed by atoms with E-state index in [0.717, 1.165) is 11.1 Å². The van der Waals surface area contributed by atoms with Crippen molar-refractivity contribution in [2.75, 3.05) is 6.54 Å². The first-order valence-electron chi connectivity index (χ1n) is 9.98. The number of hydrogen-bond acceptors (Lipinski definition) is 6. The summed E-state index contributed by atoms with van der Waals surface area (Å²) < 4.78 is 28.0. The molecule has 0 unspecified atom stereocenters. The fourth-order valence-electron chi connectivity index (χ4n) is 2.91. The number of hydrogen-bond donors (Lipinski definition) is 4. The molecule has 2 rings (SSSR count). The highest BCUT2D eigenvalue weighted by molar-refractivity contribution is 7.89. The maximum atomic E-state index is 12.2. The van der Waals surface area contributed by atoms with Crippen LogP contribution in [-0.2, 0) is 27.7 Å². The molecular weight excluding hydrogens is 418 g/mol. The lowest BCUT2D eigenvalue weighted by atomic mass is 10.0. The molecule has 0 radical (unpaired) electrons. The van der Waals surface area contributed by atoms with Crippen molar-refractivity contribution >= 4 is 16.1 Å². The van der Waals surface area contributed by atoms with Crippen LogP contribution >= 0.6 is 0 Å². The second-order valence-corrected chi connectivity index (χ2v) is 9.89. The molecular formula is C22H31N3O5S. The van der Waals surface area contributed by atoms with Gasteiger partial charge in [0.15, 0.2) is 0 Å². The summed E-state index contributed by atoms with van der Waals surface area (Å²) in [4.78, 5) is 12.3. The summed E-state index contributed by atoms with van der Waals surface area (Å²) in [6, 6.07) is 15.2. The average Bonchev–Trinajstić information content (AvgIpc) is 2.66. The SMILES string of the molecule is CC(C)(C)OC(=O)N[C@@H](Cc1ccccc1)[C@H](O)CNCc1ccc(S(N)(=O)=O)cc1. The van der Waals surface area contributed by atoms with E-state index in [-0.39, 0.29) is 11.4 Å². The Kier molecular flexibility index (Phi) is 8.58. The minimum Gasteiger partial charge on any atom is -0.444 e. The molecule has 31 heavy (non-hydrogen) atoms. The summed E-state index contributed by atoms with van der Waals surface area (Å²) >= 11 is 0. The minimum absolute atomic E-state index is 0.0424. The van der Waals surface area contributed by atoms with Crippen LogP contribution in [0.5, 0.6) is 0 Å². The van der Waals surface area contributed by atoms with Gasteiger partial charge in [0, 0.05) is 13.1 Å². The first-order chi connectivity index (χ1) is 14.4. The summed E-state index contributed by atoms with van der Waals surface area (Å²) in [6.45, 7) is 5.95. The molecule has 170 valence electrons. The number of carbonyl (C=O) groups excluding carboxylic acids is 1. The van der Waals surface area contributed by atoms with Crippen molar-refractivity contribution in [3.8, 4) is 0 Å². The van der Waals surface area contributed by atoms with Gasteiger partial charge in [0.1, 0.15) is 5.60 Å². The predicted molar refractivity (Wildman–Crippen MR) is 119 cm³/mol. The van der Waals surface area contributed by atoms with E-state index in [9.17, 15) is 18.3 Å². The van der Waals surface area contributed by atoms with E-state index in [2.05, 4.69) is 10.6 Å². The molecule has 0 spiro atoms. The number of nitrogens with two attached hydrogens (primary N) is 1. The molecule has 0 saturated heterocycles. The van der Waals surface area contributed by atoms with Crippen molar-refractivity contribution in [1.29, 1.82) is 0 Å². The third kappa shape index (κ3) is 9.06. The first-order valence-corrected chi connectivity index (χ1v) is 11.5. The molecule has 0 fully saturated rings. The number of primary sulfonamides is 1. The molecule has 5 N–H and O–H groups in total. The lowest BCUT2D eigenvalue weighted by Crippen LogP contribution is -2.49. The van der Waals surface area contributed by atoms with E-state index in [1.165, 1.54) is 12.1 Å². The van der Waals surface area contributed by atoms with Gasteiger partial charge in [0.05, 0.1) is 17.0 Å². The molecule has 0 aromatic heterocycles. The van der Waals surface area contributed by atoms with Gasteiger partial charge in [-0.25, -0.2) is 18.4 Å². The number of ether oxygens (including phenoxy) is 1. The van der Waals surface area contributed by atoms with Crippen LogP contribution in [0.1, 0.15) is 31.9 Å². The number of aliphatic hydroxyl groups excluding tert-OH is 1. The van der Waals surface area contributed by atoms with Crippen molar-refractivity contribution in [1.82, 2.24) is 10.6 Å². The Labute approximate surface area is 183 Å². The fraction of sp³-hybridized carbons (Fsp3) is 0.409. The zero-order valence-corrected chi connectivity index (χ0v) is 18.9. The number of amides is 1. The van der Waals surface area contributed by atoms with Crippen LogP contribution in [0.2, 0.25) is 0 Å². The normalized spacial score (nSPS) is 14.0. The van der Waals surface area contributed by atoms with Crippen molar-refractivity contribution in [2.45, 2.75) is 56.4 Å². The highest BCUT2D eigenvalue weighted by atomic mass is 32.2. The van der Waals surface area contributed by atoms with Crippen LogP contribution in [0, 0.1) is 0 Å². The molecule has 2 aromatic carbocycles. The first kappa shape index (κ1) is 24.8. The van der Waals surface area contributed by atoms with Gasteiger partial charge in [-0.05, 0) is 50.5 Å². The zero-order valence-electron chi connectivity index (χ0n) is 18.0. The molecule has 0 heterocycles. The summed E-state index contributed by atoms with van der Waals surface area (Å²) in [5, 5.41) is 21.7. The maximum absolute atomic E-state index is 12.2. The zero-order chi connectivity index (χ0) is 23.1. The van der Waals surface area contributed by atoms with Crippen molar-refractivity contribution < 1.29 is 23.1 Å². The van der Waals surface area contributed by atoms with Crippen LogP contribution in [0.3, 0.4) is 0 Å². The topological polar surface area (TPSA) is 131 Å². The van der Waals surface area contributed by atoms with Gasteiger partial charge in [0.25, 0.3) is 0 Å². The molecule has 0 saturated carbocycles. The number of benzene rings is 2. The molecule has 0 aliphatic carbocycles. The van der Waals surface area contributed by atoms with E-state index < -0.39 is 33.9 Å². The number of nitrogens with one attached hydrogen (secondary N) is 2. The summed E-state index contributed by atoms with van der Waals surface area (Å²) in [6.07, 6.45) is -1.03. The molecule has 2 atom stereocenters. The lowest BCUT2D eigenvalue weighted by molar-refractivity contribution is 0.0422. The molecule has 0 aliphatic rings. The van der Waals surface area contributed by atoms with Gasteiger partial charge in [-0.1, -0.05) is 42.5 Å². The Hall–Kier alpha value is -2.46. The van der Waals surface area contributed by atoms with E-state index in [0.29, 0.717) is 13.0 Å². The number of rotatable bonds is 9. The van der Waals surface area contributed by atoms with E-state index >= 15 is 0 Å². The summed E-state index contributed by atoms with van der Waals surface area (Å²) in [5.74, 6) is 0. The van der Waals surface area contributed by atoms with Crippen LogP contribution in [-0.4, -0.2) is 43.9 Å². The van der Waals surface area contributed by atoms with Crippen molar-refractivity contribution in [3.63, 3.8) is 0 Å². The standard InChI is InChI=1S/C22H31N3O5S/c1-22(2,3)30-21(27)25-19(13-16-7-5-4-6-8-16)20(26)15-24-14-17-9-11-18(12-10-17)31(23,28)29/h4-12,19-20,24,26H,13-15H2,1-3H3,(H,25,27)(H2,23,28,29)/t19-,20+/m0/s1. The minimum atomic E-state index is -3.73. The lowest BCUT2D eigenvalue weighted by Gasteiger charge is -2.27. The maximum Gasteiger partial charge on any atom is 0.407 e. The fourth-order valence-corrected chi connectivity index (χ4v) is 3.43. The Balaban J connectivity index is 1.97. The molecule has 1 amide bonds. The Bertz CT molecular complexity index is 941.